The van der Waals surface area contributed by atoms with Gasteiger partial charge in [0.2, 0.25) is 5.91 Å². The topological polar surface area (TPSA) is 78.9 Å². The molecule has 2 fully saturated rings. The van der Waals surface area contributed by atoms with Gasteiger partial charge in [-0.05, 0) is 17.9 Å². The Labute approximate surface area is 133 Å². The summed E-state index contributed by atoms with van der Waals surface area (Å²) in [7, 11) is 0. The van der Waals surface area contributed by atoms with Gasteiger partial charge in [-0.15, -0.1) is 11.3 Å². The molecule has 2 saturated heterocycles. The Kier molecular flexibility index (Phi) is 4.46. The second-order valence-corrected chi connectivity index (χ2v) is 7.04. The minimum absolute atomic E-state index is 0.0242. The van der Waals surface area contributed by atoms with Crippen LogP contribution >= 0.6 is 11.3 Å². The molecule has 0 radical (unpaired) electrons. The lowest BCUT2D eigenvalue weighted by molar-refractivity contribution is -0.157. The summed E-state index contributed by atoms with van der Waals surface area (Å²) in [6, 6.07) is 3.93. The van der Waals surface area contributed by atoms with E-state index in [2.05, 4.69) is 5.32 Å². The summed E-state index contributed by atoms with van der Waals surface area (Å²) in [5.74, 6) is -0.848. The third-order valence-electron chi connectivity index (χ3n) is 4.61. The molecular formula is C15H20N2O4S. The van der Waals surface area contributed by atoms with E-state index in [4.69, 9.17) is 4.74 Å². The van der Waals surface area contributed by atoms with Gasteiger partial charge in [-0.2, -0.15) is 0 Å². The van der Waals surface area contributed by atoms with E-state index in [-0.39, 0.29) is 18.4 Å². The molecule has 0 saturated carbocycles. The van der Waals surface area contributed by atoms with Crippen molar-refractivity contribution in [2.75, 3.05) is 32.8 Å². The van der Waals surface area contributed by atoms with Gasteiger partial charge in [0, 0.05) is 30.5 Å². The van der Waals surface area contributed by atoms with Crippen LogP contribution in [-0.2, 0) is 20.9 Å². The fraction of sp³-hybridized carbons (Fsp3) is 0.600. The number of amides is 1. The third kappa shape index (κ3) is 3.02. The molecular weight excluding hydrogens is 304 g/mol. The molecule has 3 rings (SSSR count). The van der Waals surface area contributed by atoms with E-state index in [1.54, 1.807) is 11.3 Å². The van der Waals surface area contributed by atoms with Crippen molar-refractivity contribution in [3.05, 3.63) is 22.4 Å². The van der Waals surface area contributed by atoms with Crippen LogP contribution in [-0.4, -0.2) is 54.7 Å². The van der Waals surface area contributed by atoms with Crippen molar-refractivity contribution >= 4 is 23.2 Å². The highest BCUT2D eigenvalue weighted by molar-refractivity contribution is 7.09. The zero-order valence-corrected chi connectivity index (χ0v) is 13.1. The van der Waals surface area contributed by atoms with Gasteiger partial charge < -0.3 is 15.2 Å². The lowest BCUT2D eigenvalue weighted by atomic mass is 9.74. The summed E-state index contributed by atoms with van der Waals surface area (Å²) in [6.45, 7) is 2.78. The van der Waals surface area contributed by atoms with Gasteiger partial charge in [-0.1, -0.05) is 6.07 Å². The number of carbonyl (C=O) groups excluding carboxylic acids is 1. The average Bonchev–Trinajstić information content (AvgIpc) is 3.12. The molecule has 2 N–H and O–H groups in total. The van der Waals surface area contributed by atoms with Crippen LogP contribution in [0.1, 0.15) is 11.3 Å². The number of carboxylic acids is 1. The predicted octanol–water partition coefficient (Wildman–Crippen LogP) is 0.787. The summed E-state index contributed by atoms with van der Waals surface area (Å²) >= 11 is 1.60. The normalized spacial score (nSPS) is 28.3. The number of carboxylic acid groups (broad SMARTS) is 1. The first-order valence-electron chi connectivity index (χ1n) is 7.43. The molecule has 2 aliphatic rings. The molecule has 22 heavy (non-hydrogen) atoms. The van der Waals surface area contributed by atoms with Crippen molar-refractivity contribution in [3.63, 3.8) is 0 Å². The molecule has 1 amide bonds. The maximum Gasteiger partial charge on any atom is 0.311 e. The number of likely N-dealkylation sites (tertiary alicyclic amines) is 1. The minimum Gasteiger partial charge on any atom is -0.481 e. The number of aliphatic carboxylic acids is 1. The maximum atomic E-state index is 12.0. The SMILES string of the molecule is O=C(CN1C[C@@H]2COCC[C@]2(C(=O)O)C1)NCc1cccs1. The molecule has 2 aliphatic heterocycles. The van der Waals surface area contributed by atoms with Crippen LogP contribution in [0.2, 0.25) is 0 Å². The highest BCUT2D eigenvalue weighted by atomic mass is 32.1. The second-order valence-electron chi connectivity index (χ2n) is 6.01. The molecule has 3 heterocycles. The van der Waals surface area contributed by atoms with Crippen molar-refractivity contribution in [2.45, 2.75) is 13.0 Å². The first-order valence-corrected chi connectivity index (χ1v) is 8.31. The monoisotopic (exact) mass is 324 g/mol. The van der Waals surface area contributed by atoms with Gasteiger partial charge in [0.25, 0.3) is 0 Å². The quantitative estimate of drug-likeness (QED) is 0.837. The van der Waals surface area contributed by atoms with E-state index >= 15 is 0 Å². The zero-order chi connectivity index (χ0) is 15.6. The average molecular weight is 324 g/mol. The summed E-state index contributed by atoms with van der Waals surface area (Å²) in [6.07, 6.45) is 0.528. The van der Waals surface area contributed by atoms with Crippen LogP contribution in [0, 0.1) is 11.3 Å². The Bertz CT molecular complexity index is 548. The Morgan fingerprint density at radius 3 is 3.09 bits per heavy atom. The number of ether oxygens (including phenoxy) is 1. The summed E-state index contributed by atoms with van der Waals surface area (Å²) < 4.78 is 5.42. The highest BCUT2D eigenvalue weighted by Crippen LogP contribution is 2.42. The van der Waals surface area contributed by atoms with E-state index in [0.29, 0.717) is 39.3 Å². The standard InChI is InChI=1S/C15H20N2O4S/c18-13(16-6-12-2-1-5-22-12)8-17-7-11-9-21-4-3-15(11,10-17)14(19)20/h1-2,5,11H,3-4,6-10H2,(H,16,18)(H,19,20)/t11-,15+/m1/s1. The van der Waals surface area contributed by atoms with Crippen LogP contribution in [0.5, 0.6) is 0 Å². The first-order chi connectivity index (χ1) is 10.6. The smallest absolute Gasteiger partial charge is 0.311 e. The van der Waals surface area contributed by atoms with Crippen molar-refractivity contribution in [3.8, 4) is 0 Å². The number of fused-ring (bicyclic) bond motifs is 1. The van der Waals surface area contributed by atoms with Crippen LogP contribution in [0.25, 0.3) is 0 Å². The zero-order valence-electron chi connectivity index (χ0n) is 12.3. The fourth-order valence-electron chi connectivity index (χ4n) is 3.38. The molecule has 0 aliphatic carbocycles. The number of nitrogens with zero attached hydrogens (tertiary/aromatic N) is 1. The third-order valence-corrected chi connectivity index (χ3v) is 5.49. The Hall–Kier alpha value is -1.44. The second kappa shape index (κ2) is 6.36. The van der Waals surface area contributed by atoms with Crippen molar-refractivity contribution in [1.29, 1.82) is 0 Å². The van der Waals surface area contributed by atoms with Gasteiger partial charge in [0.1, 0.15) is 0 Å². The molecule has 1 aromatic heterocycles. The van der Waals surface area contributed by atoms with E-state index in [1.165, 1.54) is 0 Å². The molecule has 0 spiro atoms. The van der Waals surface area contributed by atoms with Crippen LogP contribution in [0.3, 0.4) is 0 Å². The predicted molar refractivity (Wildman–Crippen MR) is 81.6 cm³/mol. The Morgan fingerprint density at radius 2 is 2.41 bits per heavy atom. The van der Waals surface area contributed by atoms with Gasteiger partial charge in [0.05, 0.1) is 25.1 Å². The van der Waals surface area contributed by atoms with Gasteiger partial charge >= 0.3 is 5.97 Å². The summed E-state index contributed by atoms with van der Waals surface area (Å²) in [5, 5.41) is 14.5. The van der Waals surface area contributed by atoms with E-state index < -0.39 is 11.4 Å². The van der Waals surface area contributed by atoms with E-state index in [9.17, 15) is 14.7 Å². The van der Waals surface area contributed by atoms with Crippen molar-refractivity contribution < 1.29 is 19.4 Å². The molecule has 1 aromatic rings. The molecule has 0 bridgehead atoms. The summed E-state index contributed by atoms with van der Waals surface area (Å²) in [5.41, 5.74) is -0.744. The molecule has 0 unspecified atom stereocenters. The minimum atomic E-state index is -0.762. The van der Waals surface area contributed by atoms with E-state index in [0.717, 1.165) is 4.88 Å². The number of hydrogen-bond acceptors (Lipinski definition) is 5. The largest absolute Gasteiger partial charge is 0.481 e. The molecule has 7 heteroatoms. The summed E-state index contributed by atoms with van der Waals surface area (Å²) in [4.78, 5) is 26.8. The number of hydrogen-bond donors (Lipinski definition) is 2. The van der Waals surface area contributed by atoms with Crippen molar-refractivity contribution in [2.24, 2.45) is 11.3 Å². The number of carbonyl (C=O) groups is 2. The lowest BCUT2D eigenvalue weighted by Gasteiger charge is -2.34. The number of nitrogens with one attached hydrogen (secondary N) is 1. The van der Waals surface area contributed by atoms with Gasteiger partial charge in [-0.3, -0.25) is 14.5 Å². The van der Waals surface area contributed by atoms with E-state index in [1.807, 2.05) is 22.4 Å². The Morgan fingerprint density at radius 1 is 1.55 bits per heavy atom. The first kappa shape index (κ1) is 15.5. The van der Waals surface area contributed by atoms with Crippen LogP contribution in [0.4, 0.5) is 0 Å². The van der Waals surface area contributed by atoms with Gasteiger partial charge in [-0.25, -0.2) is 0 Å². The van der Waals surface area contributed by atoms with Crippen LogP contribution in [0.15, 0.2) is 17.5 Å². The van der Waals surface area contributed by atoms with Crippen LogP contribution < -0.4 is 5.32 Å². The number of rotatable bonds is 5. The Balaban J connectivity index is 1.55. The maximum absolute atomic E-state index is 12.0. The van der Waals surface area contributed by atoms with Crippen molar-refractivity contribution in [1.82, 2.24) is 10.2 Å². The highest BCUT2D eigenvalue weighted by Gasteiger charge is 2.53. The fourth-order valence-corrected chi connectivity index (χ4v) is 4.03. The number of thiophene rings is 1. The molecule has 2 atom stereocenters. The molecule has 120 valence electrons. The molecule has 6 nitrogen and oxygen atoms in total. The molecule has 0 aromatic carbocycles. The lowest BCUT2D eigenvalue weighted by Crippen LogP contribution is -2.45. The van der Waals surface area contributed by atoms with Gasteiger partial charge in [0.15, 0.2) is 0 Å².